The molecule has 0 radical (unpaired) electrons. The number of nitrogens with zero attached hydrogens (tertiary/aromatic N) is 4. The highest BCUT2D eigenvalue weighted by atomic mass is 16.1. The topological polar surface area (TPSA) is 74.9 Å². The monoisotopic (exact) mass is 417 g/mol. The molecule has 6 nitrogen and oxygen atoms in total. The van der Waals surface area contributed by atoms with Crippen LogP contribution in [0.25, 0.3) is 16.5 Å². The molecule has 0 aliphatic carbocycles. The van der Waals surface area contributed by atoms with E-state index in [9.17, 15) is 4.79 Å². The summed E-state index contributed by atoms with van der Waals surface area (Å²) in [6, 6.07) is 32.7. The Morgan fingerprint density at radius 3 is 2.16 bits per heavy atom. The maximum absolute atomic E-state index is 13.1. The summed E-state index contributed by atoms with van der Waals surface area (Å²) < 4.78 is 1.45. The van der Waals surface area contributed by atoms with E-state index in [0.29, 0.717) is 17.1 Å². The van der Waals surface area contributed by atoms with Crippen molar-refractivity contribution < 1.29 is 0 Å². The lowest BCUT2D eigenvalue weighted by Crippen LogP contribution is -2.13. The summed E-state index contributed by atoms with van der Waals surface area (Å²) in [5.41, 5.74) is 2.53. The number of benzene rings is 4. The van der Waals surface area contributed by atoms with Crippen LogP contribution >= 0.6 is 0 Å². The van der Waals surface area contributed by atoms with Gasteiger partial charge in [0.05, 0.1) is 23.3 Å². The second-order valence-corrected chi connectivity index (χ2v) is 7.18. The third kappa shape index (κ3) is 4.02. The number of hydrogen-bond donors (Lipinski definition) is 1. The number of aliphatic imine (C=N–C) groups is 1. The van der Waals surface area contributed by atoms with Crippen LogP contribution in [0, 0.1) is 0 Å². The SMILES string of the molecule is O=c1c(N=Nc2ccccc2)c(C=Nc2ccc3ccccc3c2)[nH]n1-c1ccccc1. The van der Waals surface area contributed by atoms with Gasteiger partial charge >= 0.3 is 0 Å². The van der Waals surface area contributed by atoms with E-state index in [1.807, 2.05) is 97.1 Å². The minimum Gasteiger partial charge on any atom is -0.287 e. The predicted molar refractivity (Wildman–Crippen MR) is 128 cm³/mol. The van der Waals surface area contributed by atoms with E-state index in [0.717, 1.165) is 16.5 Å². The number of rotatable bonds is 5. The highest BCUT2D eigenvalue weighted by molar-refractivity contribution is 5.89. The normalized spacial score (nSPS) is 11.6. The van der Waals surface area contributed by atoms with Crippen LogP contribution in [0.5, 0.6) is 0 Å². The highest BCUT2D eigenvalue weighted by Crippen LogP contribution is 2.22. The molecule has 154 valence electrons. The first-order valence-corrected chi connectivity index (χ1v) is 10.2. The van der Waals surface area contributed by atoms with E-state index in [1.54, 1.807) is 6.21 Å². The predicted octanol–water partition coefficient (Wildman–Crippen LogP) is 6.48. The minimum atomic E-state index is -0.296. The molecule has 0 fully saturated rings. The van der Waals surface area contributed by atoms with Crippen molar-refractivity contribution in [1.82, 2.24) is 9.78 Å². The molecule has 0 amide bonds. The standard InChI is InChI=1S/C26H19N5O/c32-26-25(29-28-21-11-3-1-4-12-21)24(30-31(26)23-13-5-2-6-14-23)18-27-22-16-15-19-9-7-8-10-20(19)17-22/h1-18,30H. The summed E-state index contributed by atoms with van der Waals surface area (Å²) in [5, 5.41) is 13.8. The number of aromatic amines is 1. The van der Waals surface area contributed by atoms with Crippen LogP contribution < -0.4 is 5.56 Å². The van der Waals surface area contributed by atoms with Gasteiger partial charge in [-0.25, -0.2) is 4.68 Å². The summed E-state index contributed by atoms with van der Waals surface area (Å²) in [6.07, 6.45) is 1.62. The second-order valence-electron chi connectivity index (χ2n) is 7.18. The molecule has 6 heteroatoms. The van der Waals surface area contributed by atoms with E-state index >= 15 is 0 Å². The maximum Gasteiger partial charge on any atom is 0.299 e. The van der Waals surface area contributed by atoms with Gasteiger partial charge in [0, 0.05) is 0 Å². The number of hydrogen-bond acceptors (Lipinski definition) is 4. The van der Waals surface area contributed by atoms with Gasteiger partial charge in [-0.2, -0.15) is 5.11 Å². The van der Waals surface area contributed by atoms with Crippen LogP contribution in [0.15, 0.2) is 123 Å². The summed E-state index contributed by atoms with van der Waals surface area (Å²) in [5.74, 6) is 0. The van der Waals surface area contributed by atoms with E-state index in [1.165, 1.54) is 4.68 Å². The molecule has 0 saturated heterocycles. The number of H-pyrrole nitrogens is 1. The van der Waals surface area contributed by atoms with Gasteiger partial charge in [-0.1, -0.05) is 66.7 Å². The lowest BCUT2D eigenvalue weighted by molar-refractivity contribution is 0.846. The largest absolute Gasteiger partial charge is 0.299 e. The molecule has 0 bridgehead atoms. The molecule has 1 aromatic heterocycles. The summed E-state index contributed by atoms with van der Waals surface area (Å²) in [6.45, 7) is 0. The Labute approximate surface area is 184 Å². The van der Waals surface area contributed by atoms with Crippen molar-refractivity contribution in [3.63, 3.8) is 0 Å². The van der Waals surface area contributed by atoms with Gasteiger partial charge in [-0.15, -0.1) is 5.11 Å². The maximum atomic E-state index is 13.1. The Morgan fingerprint density at radius 1 is 0.688 bits per heavy atom. The van der Waals surface area contributed by atoms with Crippen molar-refractivity contribution in [2.45, 2.75) is 0 Å². The van der Waals surface area contributed by atoms with Crippen LogP contribution in [-0.2, 0) is 0 Å². The van der Waals surface area contributed by atoms with E-state index in [2.05, 4.69) is 26.4 Å². The van der Waals surface area contributed by atoms with Crippen LogP contribution in [0.1, 0.15) is 5.69 Å². The van der Waals surface area contributed by atoms with E-state index < -0.39 is 0 Å². The van der Waals surface area contributed by atoms with Gasteiger partial charge < -0.3 is 0 Å². The highest BCUT2D eigenvalue weighted by Gasteiger charge is 2.14. The summed E-state index contributed by atoms with van der Waals surface area (Å²) >= 11 is 0. The summed E-state index contributed by atoms with van der Waals surface area (Å²) in [4.78, 5) is 17.7. The van der Waals surface area contributed by atoms with Crippen LogP contribution in [0.3, 0.4) is 0 Å². The number of nitrogens with one attached hydrogen (secondary N) is 1. The van der Waals surface area contributed by atoms with Crippen molar-refractivity contribution in [1.29, 1.82) is 0 Å². The van der Waals surface area contributed by atoms with Crippen molar-refractivity contribution in [3.8, 4) is 5.69 Å². The third-order valence-electron chi connectivity index (χ3n) is 5.00. The van der Waals surface area contributed by atoms with Crippen LogP contribution in [0.2, 0.25) is 0 Å². The molecular formula is C26H19N5O. The molecule has 5 aromatic rings. The smallest absolute Gasteiger partial charge is 0.287 e. The van der Waals surface area contributed by atoms with Crippen molar-refractivity contribution in [2.24, 2.45) is 15.2 Å². The molecule has 0 aliphatic heterocycles. The van der Waals surface area contributed by atoms with Crippen molar-refractivity contribution in [3.05, 3.63) is 119 Å². The quantitative estimate of drug-likeness (QED) is 0.258. The Hall–Kier alpha value is -4.58. The Morgan fingerprint density at radius 2 is 1.38 bits per heavy atom. The molecule has 5 rings (SSSR count). The zero-order chi connectivity index (χ0) is 21.8. The Bertz CT molecular complexity index is 1480. The molecule has 0 spiro atoms. The average molecular weight is 417 g/mol. The number of fused-ring (bicyclic) bond motifs is 1. The first-order valence-electron chi connectivity index (χ1n) is 10.2. The van der Waals surface area contributed by atoms with Gasteiger partial charge in [0.15, 0.2) is 5.69 Å². The van der Waals surface area contributed by atoms with Crippen LogP contribution in [-0.4, -0.2) is 16.0 Å². The zero-order valence-electron chi connectivity index (χ0n) is 17.1. The zero-order valence-corrected chi connectivity index (χ0v) is 17.1. The van der Waals surface area contributed by atoms with E-state index in [-0.39, 0.29) is 11.2 Å². The molecule has 1 N–H and O–H groups in total. The number of azo groups is 1. The number of aromatic nitrogens is 2. The van der Waals surface area contributed by atoms with Gasteiger partial charge in [-0.05, 0) is 47.2 Å². The molecule has 4 aromatic carbocycles. The fourth-order valence-corrected chi connectivity index (χ4v) is 3.39. The van der Waals surface area contributed by atoms with Gasteiger partial charge in [0.25, 0.3) is 5.56 Å². The molecular weight excluding hydrogens is 398 g/mol. The Balaban J connectivity index is 1.57. The van der Waals surface area contributed by atoms with Gasteiger partial charge in [0.1, 0.15) is 5.69 Å². The van der Waals surface area contributed by atoms with Gasteiger partial charge in [0.2, 0.25) is 0 Å². The molecule has 0 aliphatic rings. The lowest BCUT2D eigenvalue weighted by atomic mass is 10.1. The number of para-hydroxylation sites is 1. The lowest BCUT2D eigenvalue weighted by Gasteiger charge is -2.00. The Kier molecular flexibility index (Phi) is 5.24. The fourth-order valence-electron chi connectivity index (χ4n) is 3.39. The molecule has 32 heavy (non-hydrogen) atoms. The molecule has 0 unspecified atom stereocenters. The van der Waals surface area contributed by atoms with Crippen molar-refractivity contribution in [2.75, 3.05) is 0 Å². The van der Waals surface area contributed by atoms with Crippen molar-refractivity contribution >= 4 is 34.0 Å². The first kappa shape index (κ1) is 19.4. The molecule has 0 saturated carbocycles. The summed E-state index contributed by atoms with van der Waals surface area (Å²) in [7, 11) is 0. The van der Waals surface area contributed by atoms with Crippen LogP contribution in [0.4, 0.5) is 17.1 Å². The average Bonchev–Trinajstić information content (AvgIpc) is 3.17. The minimum absolute atomic E-state index is 0.197. The fraction of sp³-hybridized carbons (Fsp3) is 0. The first-order chi connectivity index (χ1) is 15.8. The third-order valence-corrected chi connectivity index (χ3v) is 5.00. The van der Waals surface area contributed by atoms with Gasteiger partial charge in [-0.3, -0.25) is 14.9 Å². The second kappa shape index (κ2) is 8.65. The molecule has 0 atom stereocenters. The van der Waals surface area contributed by atoms with E-state index in [4.69, 9.17) is 0 Å². The molecule has 1 heterocycles.